The maximum atomic E-state index is 11.2. The molecule has 0 saturated carbocycles. The minimum Gasteiger partial charge on any atom is -0.494 e. The highest BCUT2D eigenvalue weighted by atomic mass is 16.7. The lowest BCUT2D eigenvalue weighted by Crippen LogP contribution is -2.26. The van der Waals surface area contributed by atoms with E-state index < -0.39 is 5.97 Å². The summed E-state index contributed by atoms with van der Waals surface area (Å²) in [7, 11) is 0. The van der Waals surface area contributed by atoms with Gasteiger partial charge in [-0.2, -0.15) is 0 Å². The standard InChI is InChI=1S/C14H19N3O3/c1-2-9-19-12-3-4-13-11(10-12)5-7-17(13)8-6-14(18)20-16-15/h3-5,7,10,16H,2,6,8-9,15H2,1H3. The summed E-state index contributed by atoms with van der Waals surface area (Å²) in [6.45, 7) is 3.33. The highest BCUT2D eigenvalue weighted by molar-refractivity contribution is 5.81. The molecule has 1 heterocycles. The molecule has 2 aromatic rings. The third-order valence-electron chi connectivity index (χ3n) is 2.94. The van der Waals surface area contributed by atoms with Gasteiger partial charge >= 0.3 is 5.97 Å². The van der Waals surface area contributed by atoms with Crippen molar-refractivity contribution in [3.63, 3.8) is 0 Å². The predicted octanol–water partition coefficient (Wildman–Crippen LogP) is 1.74. The number of hydrogen-bond acceptors (Lipinski definition) is 5. The van der Waals surface area contributed by atoms with E-state index in [1.165, 1.54) is 0 Å². The van der Waals surface area contributed by atoms with Crippen LogP contribution in [0, 0.1) is 0 Å². The Bertz CT molecular complexity index is 580. The summed E-state index contributed by atoms with van der Waals surface area (Å²) in [6, 6.07) is 7.93. The smallest absolute Gasteiger partial charge is 0.328 e. The molecule has 0 fully saturated rings. The topological polar surface area (TPSA) is 78.5 Å². The van der Waals surface area contributed by atoms with Crippen LogP contribution in [0.3, 0.4) is 0 Å². The van der Waals surface area contributed by atoms with E-state index in [0.717, 1.165) is 23.1 Å². The second kappa shape index (κ2) is 6.93. The summed E-state index contributed by atoms with van der Waals surface area (Å²) in [5, 5.41) is 1.09. The Morgan fingerprint density at radius 3 is 3.00 bits per heavy atom. The van der Waals surface area contributed by atoms with Crippen LogP contribution in [0.1, 0.15) is 19.8 Å². The van der Waals surface area contributed by atoms with E-state index in [2.05, 4.69) is 11.8 Å². The molecule has 0 spiro atoms. The zero-order valence-corrected chi connectivity index (χ0v) is 11.5. The first kappa shape index (κ1) is 14.4. The number of carbonyl (C=O) groups excluding carboxylic acids is 1. The van der Waals surface area contributed by atoms with E-state index in [0.29, 0.717) is 13.2 Å². The predicted molar refractivity (Wildman–Crippen MR) is 75.8 cm³/mol. The molecule has 6 heteroatoms. The number of fused-ring (bicyclic) bond motifs is 1. The molecule has 1 aromatic carbocycles. The number of aromatic nitrogens is 1. The highest BCUT2D eigenvalue weighted by Crippen LogP contribution is 2.22. The Balaban J connectivity index is 2.06. The van der Waals surface area contributed by atoms with Gasteiger partial charge in [0.05, 0.1) is 13.0 Å². The number of nitrogens with one attached hydrogen (secondary N) is 1. The molecule has 0 atom stereocenters. The molecule has 0 aliphatic heterocycles. The molecule has 1 aromatic heterocycles. The average Bonchev–Trinajstić information content (AvgIpc) is 2.85. The second-order valence-corrected chi connectivity index (χ2v) is 4.42. The van der Waals surface area contributed by atoms with Crippen molar-refractivity contribution >= 4 is 16.9 Å². The first-order chi connectivity index (χ1) is 9.74. The fraction of sp³-hybridized carbons (Fsp3) is 0.357. The molecule has 2 rings (SSSR count). The van der Waals surface area contributed by atoms with E-state index in [1.54, 1.807) is 0 Å². The van der Waals surface area contributed by atoms with Crippen LogP contribution < -0.4 is 16.2 Å². The summed E-state index contributed by atoms with van der Waals surface area (Å²) >= 11 is 0. The van der Waals surface area contributed by atoms with Crippen molar-refractivity contribution in [1.29, 1.82) is 0 Å². The van der Waals surface area contributed by atoms with Crippen molar-refractivity contribution in [2.24, 2.45) is 5.84 Å². The zero-order valence-electron chi connectivity index (χ0n) is 11.5. The fourth-order valence-electron chi connectivity index (χ4n) is 2.01. The van der Waals surface area contributed by atoms with E-state index in [9.17, 15) is 4.79 Å². The number of nitrogens with two attached hydrogens (primary N) is 1. The molecule has 20 heavy (non-hydrogen) atoms. The van der Waals surface area contributed by atoms with Crippen LogP contribution >= 0.6 is 0 Å². The lowest BCUT2D eigenvalue weighted by Gasteiger charge is -2.07. The maximum absolute atomic E-state index is 11.2. The van der Waals surface area contributed by atoms with Gasteiger partial charge in [-0.3, -0.25) is 4.79 Å². The van der Waals surface area contributed by atoms with Crippen LogP contribution in [0.5, 0.6) is 5.75 Å². The first-order valence-electron chi connectivity index (χ1n) is 6.61. The summed E-state index contributed by atoms with van der Waals surface area (Å²) in [5.74, 6) is 5.38. The number of hydrogen-bond donors (Lipinski definition) is 2. The van der Waals surface area contributed by atoms with E-state index in [4.69, 9.17) is 10.6 Å². The van der Waals surface area contributed by atoms with Gasteiger partial charge < -0.3 is 14.1 Å². The van der Waals surface area contributed by atoms with E-state index in [-0.39, 0.29) is 6.42 Å². The second-order valence-electron chi connectivity index (χ2n) is 4.42. The summed E-state index contributed by atoms with van der Waals surface area (Å²) in [5.41, 5.74) is 2.94. The number of aryl methyl sites for hydroxylation is 1. The minimum absolute atomic E-state index is 0.252. The van der Waals surface area contributed by atoms with Gasteiger partial charge in [0, 0.05) is 23.6 Å². The number of ether oxygens (including phenoxy) is 1. The molecule has 3 N–H and O–H groups in total. The Labute approximate surface area is 117 Å². The summed E-state index contributed by atoms with van der Waals surface area (Å²) < 4.78 is 7.59. The quantitative estimate of drug-likeness (QED) is 0.595. The molecule has 0 amide bonds. The van der Waals surface area contributed by atoms with Gasteiger partial charge in [-0.05, 0) is 30.7 Å². The Morgan fingerprint density at radius 2 is 2.25 bits per heavy atom. The van der Waals surface area contributed by atoms with Crippen LogP contribution in [0.15, 0.2) is 30.5 Å². The van der Waals surface area contributed by atoms with Crippen molar-refractivity contribution in [2.75, 3.05) is 6.61 Å². The molecule has 0 bridgehead atoms. The van der Waals surface area contributed by atoms with Gasteiger partial charge in [0.2, 0.25) is 0 Å². The SMILES string of the molecule is CCCOc1ccc2c(ccn2CCC(=O)ONN)c1. The lowest BCUT2D eigenvalue weighted by atomic mass is 10.2. The molecule has 0 unspecified atom stereocenters. The number of benzene rings is 1. The third kappa shape index (κ3) is 3.49. The Kier molecular flexibility index (Phi) is 4.97. The monoisotopic (exact) mass is 277 g/mol. The van der Waals surface area contributed by atoms with E-state index in [1.807, 2.05) is 40.6 Å². The summed E-state index contributed by atoms with van der Waals surface area (Å²) in [6.07, 6.45) is 3.18. The van der Waals surface area contributed by atoms with Crippen LogP contribution in [0.25, 0.3) is 10.9 Å². The van der Waals surface area contributed by atoms with Crippen molar-refractivity contribution in [3.05, 3.63) is 30.5 Å². The van der Waals surface area contributed by atoms with Crippen LogP contribution in [-0.4, -0.2) is 17.1 Å². The van der Waals surface area contributed by atoms with Crippen molar-refractivity contribution in [2.45, 2.75) is 26.3 Å². The number of hydrazine groups is 1. The molecule has 0 radical (unpaired) electrons. The average molecular weight is 277 g/mol. The van der Waals surface area contributed by atoms with Crippen LogP contribution in [-0.2, 0) is 16.2 Å². The zero-order chi connectivity index (χ0) is 14.4. The van der Waals surface area contributed by atoms with Crippen LogP contribution in [0.4, 0.5) is 0 Å². The molecule has 108 valence electrons. The number of nitrogens with zero attached hydrogens (tertiary/aromatic N) is 1. The van der Waals surface area contributed by atoms with Gasteiger partial charge in [-0.15, -0.1) is 0 Å². The van der Waals surface area contributed by atoms with Crippen LogP contribution in [0.2, 0.25) is 0 Å². The van der Waals surface area contributed by atoms with Gasteiger partial charge in [-0.25, -0.2) is 5.84 Å². The number of carbonyl (C=O) groups is 1. The van der Waals surface area contributed by atoms with Gasteiger partial charge in [0.1, 0.15) is 5.75 Å². The van der Waals surface area contributed by atoms with Crippen molar-refractivity contribution < 1.29 is 14.4 Å². The molecule has 6 nitrogen and oxygen atoms in total. The van der Waals surface area contributed by atoms with Crippen molar-refractivity contribution in [1.82, 2.24) is 10.2 Å². The molecule has 0 aliphatic rings. The largest absolute Gasteiger partial charge is 0.494 e. The molecular formula is C14H19N3O3. The highest BCUT2D eigenvalue weighted by Gasteiger charge is 2.06. The third-order valence-corrected chi connectivity index (χ3v) is 2.94. The van der Waals surface area contributed by atoms with E-state index >= 15 is 0 Å². The maximum Gasteiger partial charge on any atom is 0.328 e. The Morgan fingerprint density at radius 1 is 1.40 bits per heavy atom. The lowest BCUT2D eigenvalue weighted by molar-refractivity contribution is -0.151. The number of rotatable bonds is 7. The summed E-state index contributed by atoms with van der Waals surface area (Å²) in [4.78, 5) is 15.7. The molecule has 0 saturated heterocycles. The normalized spacial score (nSPS) is 10.7. The Hall–Kier alpha value is -2.05. The minimum atomic E-state index is -0.391. The van der Waals surface area contributed by atoms with Gasteiger partial charge in [-0.1, -0.05) is 12.5 Å². The van der Waals surface area contributed by atoms with Crippen molar-refractivity contribution in [3.8, 4) is 5.75 Å². The molecular weight excluding hydrogens is 258 g/mol. The molecule has 0 aliphatic carbocycles. The first-order valence-corrected chi connectivity index (χ1v) is 6.61. The van der Waals surface area contributed by atoms with Gasteiger partial charge in [0.25, 0.3) is 0 Å². The van der Waals surface area contributed by atoms with Gasteiger partial charge in [0.15, 0.2) is 0 Å². The fourth-order valence-corrected chi connectivity index (χ4v) is 2.01.